The van der Waals surface area contributed by atoms with Gasteiger partial charge in [-0.3, -0.25) is 4.79 Å². The fourth-order valence-corrected chi connectivity index (χ4v) is 5.25. The quantitative estimate of drug-likeness (QED) is 0.713. The van der Waals surface area contributed by atoms with E-state index < -0.39 is 16.0 Å². The number of carbonyl (C=O) groups is 1. The summed E-state index contributed by atoms with van der Waals surface area (Å²) in [5.41, 5.74) is 2.01. The summed E-state index contributed by atoms with van der Waals surface area (Å²) in [6.07, 6.45) is -0.212. The van der Waals surface area contributed by atoms with Crippen LogP contribution in [0.1, 0.15) is 11.1 Å². The van der Waals surface area contributed by atoms with Gasteiger partial charge >= 0.3 is 5.97 Å². The molecule has 2 aromatic carbocycles. The molecular weight excluding hydrogens is 408 g/mol. The molecule has 0 aliphatic carbocycles. The molecule has 1 aliphatic heterocycles. The van der Waals surface area contributed by atoms with E-state index in [1.54, 1.807) is 33.3 Å². The number of carboxylic acids is 1. The number of ether oxygens (including phenoxy) is 2. The third kappa shape index (κ3) is 4.52. The Kier molecular flexibility index (Phi) is 6.52. The van der Waals surface area contributed by atoms with Gasteiger partial charge in [0, 0.05) is 37.9 Å². The molecule has 0 spiro atoms. The Hall–Kier alpha value is -2.78. The van der Waals surface area contributed by atoms with Crippen LogP contribution in [-0.4, -0.2) is 64.2 Å². The number of aryl methyl sites for hydroxylation is 1. The number of methoxy groups -OCH3 is 2. The van der Waals surface area contributed by atoms with Crippen molar-refractivity contribution in [3.63, 3.8) is 0 Å². The molecular formula is C21H26N2O6S. The SMILES string of the molecule is COc1ccc(N2CCN(S(=O)(=O)c3cc(CC(=O)O)ccc3C)CC2)cc1OC. The standard InChI is InChI=1S/C21H26N2O6S/c1-15-4-5-16(13-21(24)25)12-20(15)30(26,27)23-10-8-22(9-11-23)17-6-7-18(28-2)19(14-17)29-3/h4-7,12,14H,8-11,13H2,1-3H3,(H,24,25). The highest BCUT2D eigenvalue weighted by Gasteiger charge is 2.30. The maximum atomic E-state index is 13.2. The van der Waals surface area contributed by atoms with Gasteiger partial charge in [-0.05, 0) is 36.2 Å². The van der Waals surface area contributed by atoms with Crippen molar-refractivity contribution in [3.05, 3.63) is 47.5 Å². The van der Waals surface area contributed by atoms with E-state index in [1.807, 2.05) is 18.2 Å². The maximum absolute atomic E-state index is 13.2. The second-order valence-corrected chi connectivity index (χ2v) is 9.01. The van der Waals surface area contributed by atoms with E-state index in [9.17, 15) is 13.2 Å². The number of hydrogen-bond donors (Lipinski definition) is 1. The zero-order chi connectivity index (χ0) is 21.9. The molecule has 1 N–H and O–H groups in total. The molecule has 0 radical (unpaired) electrons. The molecule has 0 bridgehead atoms. The van der Waals surface area contributed by atoms with Crippen LogP contribution in [0.15, 0.2) is 41.3 Å². The van der Waals surface area contributed by atoms with Crippen molar-refractivity contribution in [1.82, 2.24) is 4.31 Å². The number of anilines is 1. The van der Waals surface area contributed by atoms with Gasteiger partial charge in [0.25, 0.3) is 0 Å². The zero-order valence-electron chi connectivity index (χ0n) is 17.3. The fraction of sp³-hybridized carbons (Fsp3) is 0.381. The molecule has 162 valence electrons. The van der Waals surface area contributed by atoms with Crippen molar-refractivity contribution in [1.29, 1.82) is 0 Å². The molecule has 1 aliphatic rings. The predicted octanol–water partition coefficient (Wildman–Crippen LogP) is 2.15. The van der Waals surface area contributed by atoms with Crippen LogP contribution in [0, 0.1) is 6.92 Å². The Bertz CT molecular complexity index is 1030. The highest BCUT2D eigenvalue weighted by atomic mass is 32.2. The lowest BCUT2D eigenvalue weighted by Gasteiger charge is -2.35. The van der Waals surface area contributed by atoms with Crippen molar-refractivity contribution in [2.24, 2.45) is 0 Å². The van der Waals surface area contributed by atoms with E-state index in [4.69, 9.17) is 14.6 Å². The van der Waals surface area contributed by atoms with E-state index in [-0.39, 0.29) is 11.3 Å². The van der Waals surface area contributed by atoms with Crippen molar-refractivity contribution in [2.75, 3.05) is 45.3 Å². The van der Waals surface area contributed by atoms with Crippen LogP contribution < -0.4 is 14.4 Å². The molecule has 0 saturated carbocycles. The molecule has 0 unspecified atom stereocenters. The summed E-state index contributed by atoms with van der Waals surface area (Å²) in [5.74, 6) is 0.265. The third-order valence-corrected chi connectivity index (χ3v) is 7.24. The summed E-state index contributed by atoms with van der Waals surface area (Å²) in [7, 11) is -0.557. The molecule has 3 rings (SSSR count). The van der Waals surface area contributed by atoms with Crippen LogP contribution in [0.5, 0.6) is 11.5 Å². The van der Waals surface area contributed by atoms with Gasteiger partial charge in [-0.2, -0.15) is 4.31 Å². The Labute approximate surface area is 176 Å². The number of nitrogens with zero attached hydrogens (tertiary/aromatic N) is 2. The molecule has 0 atom stereocenters. The largest absolute Gasteiger partial charge is 0.493 e. The maximum Gasteiger partial charge on any atom is 0.307 e. The van der Waals surface area contributed by atoms with E-state index >= 15 is 0 Å². The van der Waals surface area contributed by atoms with E-state index in [0.29, 0.717) is 48.8 Å². The minimum Gasteiger partial charge on any atom is -0.493 e. The first kappa shape index (κ1) is 21.9. The third-order valence-electron chi connectivity index (χ3n) is 5.20. The van der Waals surface area contributed by atoms with Gasteiger partial charge in [-0.25, -0.2) is 8.42 Å². The van der Waals surface area contributed by atoms with Crippen LogP contribution in [0.3, 0.4) is 0 Å². The number of piperazine rings is 1. The van der Waals surface area contributed by atoms with Crippen molar-refractivity contribution < 1.29 is 27.8 Å². The smallest absolute Gasteiger partial charge is 0.307 e. The number of aliphatic carboxylic acids is 1. The highest BCUT2D eigenvalue weighted by molar-refractivity contribution is 7.89. The van der Waals surface area contributed by atoms with Gasteiger partial charge in [-0.1, -0.05) is 12.1 Å². The van der Waals surface area contributed by atoms with Gasteiger partial charge in [0.15, 0.2) is 11.5 Å². The zero-order valence-corrected chi connectivity index (χ0v) is 18.1. The Morgan fingerprint density at radius 2 is 1.67 bits per heavy atom. The highest BCUT2D eigenvalue weighted by Crippen LogP contribution is 2.32. The van der Waals surface area contributed by atoms with Crippen molar-refractivity contribution in [2.45, 2.75) is 18.2 Å². The summed E-state index contributed by atoms with van der Waals surface area (Å²) in [6, 6.07) is 10.4. The first-order valence-electron chi connectivity index (χ1n) is 9.54. The average molecular weight is 435 g/mol. The summed E-state index contributed by atoms with van der Waals surface area (Å²) in [6.45, 7) is 3.45. The Morgan fingerprint density at radius 1 is 1.00 bits per heavy atom. The lowest BCUT2D eigenvalue weighted by atomic mass is 10.1. The van der Waals surface area contributed by atoms with Crippen LogP contribution in [-0.2, 0) is 21.2 Å². The van der Waals surface area contributed by atoms with Crippen LogP contribution in [0.4, 0.5) is 5.69 Å². The lowest BCUT2D eigenvalue weighted by molar-refractivity contribution is -0.136. The molecule has 8 nitrogen and oxygen atoms in total. The molecule has 1 saturated heterocycles. The minimum absolute atomic E-state index is 0.167. The van der Waals surface area contributed by atoms with Crippen LogP contribution in [0.25, 0.3) is 0 Å². The second-order valence-electron chi connectivity index (χ2n) is 7.10. The lowest BCUT2D eigenvalue weighted by Crippen LogP contribution is -2.48. The van der Waals surface area contributed by atoms with Crippen molar-refractivity contribution >= 4 is 21.7 Å². The first-order valence-corrected chi connectivity index (χ1v) is 11.0. The van der Waals surface area contributed by atoms with E-state index in [0.717, 1.165) is 5.69 Å². The Balaban J connectivity index is 1.77. The molecule has 0 aromatic heterocycles. The van der Waals surface area contributed by atoms with Crippen LogP contribution in [0.2, 0.25) is 0 Å². The summed E-state index contributed by atoms with van der Waals surface area (Å²) in [5, 5.41) is 9.00. The molecule has 1 heterocycles. The van der Waals surface area contributed by atoms with Crippen molar-refractivity contribution in [3.8, 4) is 11.5 Å². The fourth-order valence-electron chi connectivity index (χ4n) is 3.55. The second kappa shape index (κ2) is 8.93. The van der Waals surface area contributed by atoms with Gasteiger partial charge in [0.05, 0.1) is 25.5 Å². The van der Waals surface area contributed by atoms with E-state index in [1.165, 1.54) is 10.4 Å². The van der Waals surface area contributed by atoms with Gasteiger partial charge in [-0.15, -0.1) is 0 Å². The van der Waals surface area contributed by atoms with Gasteiger partial charge in [0.2, 0.25) is 10.0 Å². The predicted molar refractivity (Wildman–Crippen MR) is 113 cm³/mol. The monoisotopic (exact) mass is 434 g/mol. The van der Waals surface area contributed by atoms with E-state index in [2.05, 4.69) is 4.90 Å². The summed E-state index contributed by atoms with van der Waals surface area (Å²) < 4.78 is 38.5. The number of sulfonamides is 1. The number of hydrogen-bond acceptors (Lipinski definition) is 6. The normalized spacial score (nSPS) is 15.1. The molecule has 0 amide bonds. The van der Waals surface area contributed by atoms with Gasteiger partial charge < -0.3 is 19.5 Å². The molecule has 9 heteroatoms. The number of benzene rings is 2. The molecule has 30 heavy (non-hydrogen) atoms. The topological polar surface area (TPSA) is 96.4 Å². The Morgan fingerprint density at radius 3 is 2.27 bits per heavy atom. The number of carboxylic acid groups (broad SMARTS) is 1. The average Bonchev–Trinajstić information content (AvgIpc) is 2.74. The molecule has 1 fully saturated rings. The van der Waals surface area contributed by atoms with Gasteiger partial charge in [0.1, 0.15) is 0 Å². The van der Waals surface area contributed by atoms with Crippen LogP contribution >= 0.6 is 0 Å². The minimum atomic E-state index is -3.71. The first-order chi connectivity index (χ1) is 14.3. The number of rotatable bonds is 7. The summed E-state index contributed by atoms with van der Waals surface area (Å²) >= 11 is 0. The molecule has 2 aromatic rings. The summed E-state index contributed by atoms with van der Waals surface area (Å²) in [4.78, 5) is 13.3.